The van der Waals surface area contributed by atoms with Gasteiger partial charge in [-0.3, -0.25) is 9.59 Å². The quantitative estimate of drug-likeness (QED) is 0.816. The molecular formula is C12H16ClN3O2. The van der Waals surface area contributed by atoms with Crippen LogP contribution < -0.4 is 11.5 Å². The Bertz CT molecular complexity index is 433. The zero-order valence-electron chi connectivity index (χ0n) is 10.1. The molecule has 18 heavy (non-hydrogen) atoms. The summed E-state index contributed by atoms with van der Waals surface area (Å²) in [5.74, 6) is -0.903. The predicted molar refractivity (Wildman–Crippen MR) is 69.7 cm³/mol. The highest BCUT2D eigenvalue weighted by molar-refractivity contribution is 6.30. The molecule has 98 valence electrons. The molecule has 1 rings (SSSR count). The Morgan fingerprint density at radius 1 is 1.33 bits per heavy atom. The van der Waals surface area contributed by atoms with Gasteiger partial charge in [-0.05, 0) is 17.7 Å². The number of amides is 2. The second-order valence-corrected chi connectivity index (χ2v) is 4.53. The minimum atomic E-state index is -0.889. The van der Waals surface area contributed by atoms with Gasteiger partial charge < -0.3 is 16.4 Å². The number of benzene rings is 1. The van der Waals surface area contributed by atoms with Crippen LogP contribution in [0.4, 0.5) is 0 Å². The summed E-state index contributed by atoms with van der Waals surface area (Å²) in [6.45, 7) is 0.405. The summed E-state index contributed by atoms with van der Waals surface area (Å²) in [7, 11) is 1.62. The van der Waals surface area contributed by atoms with E-state index in [-0.39, 0.29) is 12.3 Å². The maximum absolute atomic E-state index is 11.8. The van der Waals surface area contributed by atoms with E-state index in [2.05, 4.69) is 0 Å². The van der Waals surface area contributed by atoms with Crippen LogP contribution in [0.3, 0.4) is 0 Å². The summed E-state index contributed by atoms with van der Waals surface area (Å²) in [5.41, 5.74) is 11.5. The van der Waals surface area contributed by atoms with Crippen LogP contribution in [0.2, 0.25) is 5.02 Å². The topological polar surface area (TPSA) is 89.4 Å². The van der Waals surface area contributed by atoms with Crippen molar-refractivity contribution in [3.05, 3.63) is 34.9 Å². The molecule has 0 bridgehead atoms. The summed E-state index contributed by atoms with van der Waals surface area (Å²) in [5, 5.41) is 0.637. The molecule has 0 spiro atoms. The van der Waals surface area contributed by atoms with Gasteiger partial charge in [0.15, 0.2) is 0 Å². The molecule has 1 unspecified atom stereocenters. The van der Waals surface area contributed by atoms with Crippen molar-refractivity contribution in [3.8, 4) is 0 Å². The van der Waals surface area contributed by atoms with E-state index in [9.17, 15) is 9.59 Å². The van der Waals surface area contributed by atoms with E-state index in [0.717, 1.165) is 5.56 Å². The van der Waals surface area contributed by atoms with Crippen molar-refractivity contribution in [1.29, 1.82) is 0 Å². The fraction of sp³-hybridized carbons (Fsp3) is 0.333. The first-order valence-electron chi connectivity index (χ1n) is 5.43. The van der Waals surface area contributed by atoms with E-state index in [1.54, 1.807) is 19.2 Å². The fourth-order valence-electron chi connectivity index (χ4n) is 1.53. The average molecular weight is 270 g/mol. The summed E-state index contributed by atoms with van der Waals surface area (Å²) in [6, 6.07) is 6.26. The second kappa shape index (κ2) is 6.37. The Balaban J connectivity index is 2.59. The zero-order valence-corrected chi connectivity index (χ0v) is 10.9. The molecule has 0 heterocycles. The first-order chi connectivity index (χ1) is 8.40. The number of nitrogens with zero attached hydrogens (tertiary/aromatic N) is 1. The lowest BCUT2D eigenvalue weighted by Crippen LogP contribution is -2.43. The molecule has 0 saturated heterocycles. The molecule has 4 N–H and O–H groups in total. The highest BCUT2D eigenvalue weighted by Crippen LogP contribution is 2.11. The molecule has 0 aromatic heterocycles. The van der Waals surface area contributed by atoms with Crippen molar-refractivity contribution in [2.75, 3.05) is 7.05 Å². The van der Waals surface area contributed by atoms with Crippen molar-refractivity contribution in [2.24, 2.45) is 11.5 Å². The van der Waals surface area contributed by atoms with Gasteiger partial charge >= 0.3 is 0 Å². The molecule has 0 aliphatic heterocycles. The normalized spacial score (nSPS) is 11.9. The third-order valence-corrected chi connectivity index (χ3v) is 2.70. The number of primary amides is 1. The molecule has 0 aliphatic carbocycles. The number of nitrogens with two attached hydrogens (primary N) is 2. The third-order valence-electron chi connectivity index (χ3n) is 2.45. The number of halogens is 1. The van der Waals surface area contributed by atoms with Gasteiger partial charge in [-0.1, -0.05) is 23.7 Å². The van der Waals surface area contributed by atoms with Crippen LogP contribution in [0.1, 0.15) is 12.0 Å². The molecule has 5 nitrogen and oxygen atoms in total. The second-order valence-electron chi connectivity index (χ2n) is 4.10. The molecule has 2 amide bonds. The monoisotopic (exact) mass is 269 g/mol. The minimum Gasteiger partial charge on any atom is -0.370 e. The average Bonchev–Trinajstić information content (AvgIpc) is 2.30. The van der Waals surface area contributed by atoms with Crippen molar-refractivity contribution in [1.82, 2.24) is 4.90 Å². The Morgan fingerprint density at radius 3 is 2.39 bits per heavy atom. The maximum atomic E-state index is 11.8. The van der Waals surface area contributed by atoms with Gasteiger partial charge in [-0.15, -0.1) is 0 Å². The van der Waals surface area contributed by atoms with Gasteiger partial charge in [-0.25, -0.2) is 0 Å². The predicted octanol–water partition coefficient (Wildman–Crippen LogP) is 0.501. The Labute approximate surface area is 111 Å². The van der Waals surface area contributed by atoms with Crippen LogP contribution in [0, 0.1) is 0 Å². The van der Waals surface area contributed by atoms with Crippen LogP contribution in [0.15, 0.2) is 24.3 Å². The van der Waals surface area contributed by atoms with E-state index >= 15 is 0 Å². The Hall–Kier alpha value is -1.59. The van der Waals surface area contributed by atoms with Crippen molar-refractivity contribution < 1.29 is 9.59 Å². The molecule has 0 saturated carbocycles. The zero-order chi connectivity index (χ0) is 13.7. The van der Waals surface area contributed by atoms with Crippen LogP contribution in [-0.2, 0) is 16.1 Å². The maximum Gasteiger partial charge on any atom is 0.240 e. The summed E-state index contributed by atoms with van der Waals surface area (Å²) in [4.78, 5) is 24.0. The van der Waals surface area contributed by atoms with E-state index in [1.165, 1.54) is 4.90 Å². The van der Waals surface area contributed by atoms with Crippen LogP contribution in [0.25, 0.3) is 0 Å². The molecule has 0 fully saturated rings. The minimum absolute atomic E-state index is 0.149. The number of likely N-dealkylation sites (N-methyl/N-ethyl adjacent to an activating group) is 1. The van der Waals surface area contributed by atoms with Crippen molar-refractivity contribution in [2.45, 2.75) is 19.0 Å². The lowest BCUT2D eigenvalue weighted by Gasteiger charge is -2.20. The third kappa shape index (κ3) is 4.35. The number of hydrogen-bond acceptors (Lipinski definition) is 3. The van der Waals surface area contributed by atoms with Crippen LogP contribution in [0.5, 0.6) is 0 Å². The molecular weight excluding hydrogens is 254 g/mol. The first kappa shape index (κ1) is 14.5. The number of rotatable bonds is 5. The van der Waals surface area contributed by atoms with Gasteiger partial charge in [0.1, 0.15) is 0 Å². The van der Waals surface area contributed by atoms with E-state index in [0.29, 0.717) is 11.6 Å². The lowest BCUT2D eigenvalue weighted by atomic mass is 10.1. The van der Waals surface area contributed by atoms with Crippen molar-refractivity contribution >= 4 is 23.4 Å². The molecule has 1 aromatic rings. The summed E-state index contributed by atoms with van der Waals surface area (Å²) in [6.07, 6.45) is -0.149. The van der Waals surface area contributed by atoms with Crippen molar-refractivity contribution in [3.63, 3.8) is 0 Å². The van der Waals surface area contributed by atoms with Gasteiger partial charge in [0.25, 0.3) is 0 Å². The number of carbonyl (C=O) groups is 2. The highest BCUT2D eigenvalue weighted by Gasteiger charge is 2.19. The van der Waals surface area contributed by atoms with Crippen LogP contribution >= 0.6 is 11.6 Å². The smallest absolute Gasteiger partial charge is 0.240 e. The first-order valence-corrected chi connectivity index (χ1v) is 5.81. The van der Waals surface area contributed by atoms with Gasteiger partial charge in [0.05, 0.1) is 12.5 Å². The molecule has 1 aromatic carbocycles. The molecule has 0 aliphatic rings. The largest absolute Gasteiger partial charge is 0.370 e. The molecule has 1 atom stereocenters. The summed E-state index contributed by atoms with van der Waals surface area (Å²) < 4.78 is 0. The van der Waals surface area contributed by atoms with E-state index < -0.39 is 11.9 Å². The number of hydrogen-bond donors (Lipinski definition) is 2. The Kier molecular flexibility index (Phi) is 5.12. The van der Waals surface area contributed by atoms with Gasteiger partial charge in [0.2, 0.25) is 11.8 Å². The van der Waals surface area contributed by atoms with E-state index in [4.69, 9.17) is 23.1 Å². The van der Waals surface area contributed by atoms with Gasteiger partial charge in [-0.2, -0.15) is 0 Å². The number of carbonyl (C=O) groups excluding carboxylic acids is 2. The Morgan fingerprint density at radius 2 is 1.89 bits per heavy atom. The highest BCUT2D eigenvalue weighted by atomic mass is 35.5. The molecule has 0 radical (unpaired) electrons. The lowest BCUT2D eigenvalue weighted by molar-refractivity contribution is -0.133. The fourth-order valence-corrected chi connectivity index (χ4v) is 1.65. The van der Waals surface area contributed by atoms with Crippen LogP contribution in [-0.4, -0.2) is 29.8 Å². The van der Waals surface area contributed by atoms with Gasteiger partial charge in [0, 0.05) is 18.6 Å². The van der Waals surface area contributed by atoms with E-state index in [1.807, 2.05) is 12.1 Å². The molecule has 6 heteroatoms. The standard InChI is InChI=1S/C12H16ClN3O2/c1-16(12(18)10(14)6-11(15)17)7-8-2-4-9(13)5-3-8/h2-5,10H,6-7,14H2,1H3,(H2,15,17). The SMILES string of the molecule is CN(Cc1ccc(Cl)cc1)C(=O)C(N)CC(N)=O. The summed E-state index contributed by atoms with van der Waals surface area (Å²) >= 11 is 5.77.